The second-order valence-electron chi connectivity index (χ2n) is 10.8. The number of hydrogen-bond acceptors (Lipinski definition) is 5. The number of nitrogens with one attached hydrogen (secondary N) is 1. The Hall–Kier alpha value is -2.90. The fourth-order valence-corrected chi connectivity index (χ4v) is 4.03. The first kappa shape index (κ1) is 24.2. The van der Waals surface area contributed by atoms with Crippen molar-refractivity contribution in [1.29, 1.82) is 0 Å². The van der Waals surface area contributed by atoms with E-state index in [1.165, 1.54) is 0 Å². The number of hydrogen-bond donors (Lipinski definition) is 1. The number of amides is 1. The van der Waals surface area contributed by atoms with Gasteiger partial charge < -0.3 is 19.4 Å². The van der Waals surface area contributed by atoms with Gasteiger partial charge in [-0.25, -0.2) is 4.79 Å². The van der Waals surface area contributed by atoms with E-state index in [0.29, 0.717) is 5.56 Å². The zero-order valence-corrected chi connectivity index (χ0v) is 20.9. The summed E-state index contributed by atoms with van der Waals surface area (Å²) in [6, 6.07) is 13.5. The number of carbonyl (C=O) groups is 2. The van der Waals surface area contributed by atoms with Crippen molar-refractivity contribution in [3.63, 3.8) is 0 Å². The molecule has 0 unspecified atom stereocenters. The summed E-state index contributed by atoms with van der Waals surface area (Å²) in [5.74, 6) is 0.0184. The molecule has 1 amide bonds. The van der Waals surface area contributed by atoms with Gasteiger partial charge in [-0.15, -0.1) is 0 Å². The van der Waals surface area contributed by atoms with Gasteiger partial charge in [-0.3, -0.25) is 4.79 Å². The SMILES string of the molecule is CC(C)(C)OC(=O)NCC(=Cc1ccc2c(c1)C(=O)c1ccccc1-2)B1OC(C)(C)C(C)(C)O1. The van der Waals surface area contributed by atoms with Gasteiger partial charge in [-0.1, -0.05) is 42.5 Å². The minimum atomic E-state index is -0.652. The van der Waals surface area contributed by atoms with Crippen LogP contribution in [-0.4, -0.2) is 42.3 Å². The smallest absolute Gasteiger partial charge is 0.444 e. The molecule has 2 aliphatic rings. The van der Waals surface area contributed by atoms with Crippen LogP contribution >= 0.6 is 0 Å². The monoisotopic (exact) mass is 461 g/mol. The van der Waals surface area contributed by atoms with Crippen LogP contribution in [0, 0.1) is 0 Å². The molecule has 4 rings (SSSR count). The van der Waals surface area contributed by atoms with Crippen LogP contribution in [0.25, 0.3) is 17.2 Å². The maximum Gasteiger partial charge on any atom is 0.492 e. The molecule has 2 aromatic carbocycles. The predicted octanol–water partition coefficient (Wildman–Crippen LogP) is 5.44. The van der Waals surface area contributed by atoms with Crippen molar-refractivity contribution in [2.24, 2.45) is 0 Å². The van der Waals surface area contributed by atoms with Gasteiger partial charge in [-0.05, 0) is 76.7 Å². The van der Waals surface area contributed by atoms with E-state index in [2.05, 4.69) is 5.32 Å². The van der Waals surface area contributed by atoms with Crippen molar-refractivity contribution in [2.45, 2.75) is 65.3 Å². The third kappa shape index (κ3) is 4.68. The molecule has 1 heterocycles. The Labute approximate surface area is 201 Å². The molecule has 6 nitrogen and oxygen atoms in total. The molecule has 0 radical (unpaired) electrons. The van der Waals surface area contributed by atoms with E-state index in [0.717, 1.165) is 27.7 Å². The average Bonchev–Trinajstić information content (AvgIpc) is 3.13. The summed E-state index contributed by atoms with van der Waals surface area (Å²) in [5, 5.41) is 2.81. The van der Waals surface area contributed by atoms with E-state index in [4.69, 9.17) is 14.0 Å². The van der Waals surface area contributed by atoms with Gasteiger partial charge in [0, 0.05) is 17.7 Å². The molecule has 1 N–H and O–H groups in total. The first-order valence-corrected chi connectivity index (χ1v) is 11.6. The van der Waals surface area contributed by atoms with E-state index in [1.54, 1.807) is 0 Å². The lowest BCUT2D eigenvalue weighted by Gasteiger charge is -2.32. The highest BCUT2D eigenvalue weighted by atomic mass is 16.7. The molecule has 7 heteroatoms. The van der Waals surface area contributed by atoms with Crippen LogP contribution in [-0.2, 0) is 14.0 Å². The number of alkyl carbamates (subject to hydrolysis) is 1. The van der Waals surface area contributed by atoms with Crippen molar-refractivity contribution in [2.75, 3.05) is 6.54 Å². The highest BCUT2D eigenvalue weighted by Crippen LogP contribution is 2.40. The van der Waals surface area contributed by atoms with Gasteiger partial charge in [0.25, 0.3) is 0 Å². The molecule has 0 aromatic heterocycles. The predicted molar refractivity (Wildman–Crippen MR) is 134 cm³/mol. The summed E-state index contributed by atoms with van der Waals surface area (Å²) >= 11 is 0. The molecule has 0 atom stereocenters. The molecule has 1 aliphatic heterocycles. The van der Waals surface area contributed by atoms with Gasteiger partial charge in [-0.2, -0.15) is 0 Å². The largest absolute Gasteiger partial charge is 0.492 e. The average molecular weight is 461 g/mol. The number of ether oxygens (including phenoxy) is 1. The summed E-state index contributed by atoms with van der Waals surface area (Å²) in [6.07, 6.45) is 1.39. The van der Waals surface area contributed by atoms with Gasteiger partial charge >= 0.3 is 13.2 Å². The fourth-order valence-electron chi connectivity index (χ4n) is 4.03. The number of benzene rings is 2. The third-order valence-electron chi connectivity index (χ3n) is 6.49. The van der Waals surface area contributed by atoms with Crippen LogP contribution in [0.5, 0.6) is 0 Å². The van der Waals surface area contributed by atoms with E-state index in [9.17, 15) is 9.59 Å². The highest BCUT2D eigenvalue weighted by Gasteiger charge is 2.52. The van der Waals surface area contributed by atoms with Crippen LogP contribution < -0.4 is 5.32 Å². The summed E-state index contributed by atoms with van der Waals surface area (Å²) in [6.45, 7) is 13.6. The van der Waals surface area contributed by atoms with Crippen LogP contribution in [0.3, 0.4) is 0 Å². The molecule has 2 aromatic rings. The molecule has 1 fully saturated rings. The van der Waals surface area contributed by atoms with Crippen LogP contribution in [0.1, 0.15) is 70.0 Å². The van der Waals surface area contributed by atoms with E-state index >= 15 is 0 Å². The van der Waals surface area contributed by atoms with E-state index < -0.39 is 30.0 Å². The van der Waals surface area contributed by atoms with Crippen molar-refractivity contribution in [3.05, 3.63) is 64.6 Å². The third-order valence-corrected chi connectivity index (χ3v) is 6.49. The van der Waals surface area contributed by atoms with Crippen molar-refractivity contribution >= 4 is 25.1 Å². The number of carbonyl (C=O) groups excluding carboxylic acids is 2. The summed E-state index contributed by atoms with van der Waals surface area (Å²) in [7, 11) is -0.652. The van der Waals surface area contributed by atoms with Crippen molar-refractivity contribution < 1.29 is 23.6 Å². The Bertz CT molecular complexity index is 1160. The first-order valence-electron chi connectivity index (χ1n) is 11.6. The highest BCUT2D eigenvalue weighted by molar-refractivity contribution is 6.56. The number of fused-ring (bicyclic) bond motifs is 3. The Morgan fingerprint density at radius 1 is 0.971 bits per heavy atom. The number of rotatable bonds is 4. The van der Waals surface area contributed by atoms with Crippen LogP contribution in [0.4, 0.5) is 4.79 Å². The van der Waals surface area contributed by atoms with Crippen LogP contribution in [0.2, 0.25) is 0 Å². The van der Waals surface area contributed by atoms with Crippen LogP contribution in [0.15, 0.2) is 47.9 Å². The lowest BCUT2D eigenvalue weighted by atomic mass is 9.77. The first-order chi connectivity index (χ1) is 15.8. The Morgan fingerprint density at radius 3 is 2.18 bits per heavy atom. The summed E-state index contributed by atoms with van der Waals surface area (Å²) in [5.41, 5.74) is 3.17. The molecule has 1 aliphatic carbocycles. The van der Waals surface area contributed by atoms with Crippen molar-refractivity contribution in [1.82, 2.24) is 5.32 Å². The number of ketones is 1. The molecular formula is C27H32BNO5. The van der Waals surface area contributed by atoms with Crippen molar-refractivity contribution in [3.8, 4) is 11.1 Å². The standard InChI is InChI=1S/C27H32BNO5/c1-25(2,3)32-24(31)29-16-18(28-33-26(4,5)27(6,7)34-28)14-17-12-13-20-19-10-8-9-11-21(19)23(30)22(20)15-17/h8-15H,16H2,1-7H3,(H,29,31). The lowest BCUT2D eigenvalue weighted by Crippen LogP contribution is -2.41. The Morgan fingerprint density at radius 2 is 1.56 bits per heavy atom. The van der Waals surface area contributed by atoms with E-state index in [1.807, 2.05) is 97.0 Å². The Balaban J connectivity index is 1.65. The summed E-state index contributed by atoms with van der Waals surface area (Å²) in [4.78, 5) is 25.3. The fraction of sp³-hybridized carbons (Fsp3) is 0.407. The normalized spacial score (nSPS) is 18.5. The zero-order chi connectivity index (χ0) is 24.9. The Kier molecular flexibility index (Phi) is 5.99. The van der Waals surface area contributed by atoms with E-state index in [-0.39, 0.29) is 12.3 Å². The zero-order valence-electron chi connectivity index (χ0n) is 20.9. The molecule has 0 bridgehead atoms. The molecule has 34 heavy (non-hydrogen) atoms. The quantitative estimate of drug-likeness (QED) is 0.524. The maximum atomic E-state index is 13.0. The molecular weight excluding hydrogens is 429 g/mol. The second-order valence-corrected chi connectivity index (χ2v) is 10.8. The minimum absolute atomic E-state index is 0.0184. The molecule has 178 valence electrons. The summed E-state index contributed by atoms with van der Waals surface area (Å²) < 4.78 is 17.9. The van der Waals surface area contributed by atoms with Gasteiger partial charge in [0.15, 0.2) is 5.78 Å². The second kappa shape index (κ2) is 8.40. The van der Waals surface area contributed by atoms with Gasteiger partial charge in [0.1, 0.15) is 5.60 Å². The molecule has 1 saturated heterocycles. The van der Waals surface area contributed by atoms with Gasteiger partial charge in [0.05, 0.1) is 11.2 Å². The van der Waals surface area contributed by atoms with Gasteiger partial charge in [0.2, 0.25) is 0 Å². The molecule has 0 saturated carbocycles. The minimum Gasteiger partial charge on any atom is -0.444 e. The molecule has 0 spiro atoms. The topological polar surface area (TPSA) is 73.9 Å². The maximum absolute atomic E-state index is 13.0. The lowest BCUT2D eigenvalue weighted by molar-refractivity contribution is 0.00578.